The molecule has 2 aromatic heterocycles. The lowest BCUT2D eigenvalue weighted by molar-refractivity contribution is -0.121. The van der Waals surface area contributed by atoms with Crippen LogP contribution in [0.3, 0.4) is 0 Å². The third-order valence-electron chi connectivity index (χ3n) is 7.47. The number of aromatic amines is 1. The Morgan fingerprint density at radius 3 is 2.35 bits per heavy atom. The topological polar surface area (TPSA) is 58.1 Å². The van der Waals surface area contributed by atoms with E-state index >= 15 is 0 Å². The molecule has 7 rings (SSSR count). The summed E-state index contributed by atoms with van der Waals surface area (Å²) in [5, 5.41) is 2.07. The Kier molecular flexibility index (Phi) is 4.09. The first-order valence-corrected chi connectivity index (χ1v) is 11.8. The van der Waals surface area contributed by atoms with Crippen LogP contribution in [-0.2, 0) is 22.6 Å². The number of anilines is 1. The summed E-state index contributed by atoms with van der Waals surface area (Å²) in [6.07, 6.45) is 6.16. The summed E-state index contributed by atoms with van der Waals surface area (Å²) >= 11 is 0. The first kappa shape index (κ1) is 19.4. The molecule has 2 aliphatic rings. The zero-order valence-corrected chi connectivity index (χ0v) is 18.6. The minimum Gasteiger partial charge on any atom is -0.361 e. The van der Waals surface area contributed by atoms with E-state index in [-0.39, 0.29) is 11.8 Å². The summed E-state index contributed by atoms with van der Waals surface area (Å²) in [7, 11) is 0. The van der Waals surface area contributed by atoms with Crippen LogP contribution in [-0.4, -0.2) is 21.4 Å². The Bertz CT molecular complexity index is 1590. The number of para-hydroxylation sites is 3. The largest absolute Gasteiger partial charge is 0.361 e. The Morgan fingerprint density at radius 1 is 0.765 bits per heavy atom. The van der Waals surface area contributed by atoms with Crippen LogP contribution in [0.2, 0.25) is 0 Å². The van der Waals surface area contributed by atoms with Crippen LogP contribution in [0.1, 0.15) is 34.9 Å². The molecule has 0 aliphatic carbocycles. The van der Waals surface area contributed by atoms with Crippen molar-refractivity contribution in [1.82, 2.24) is 9.55 Å². The zero-order chi connectivity index (χ0) is 22.8. The minimum atomic E-state index is -0.590. The molecular formula is C29H23N3O2. The molecular weight excluding hydrogens is 422 g/mol. The number of carbonyl (C=O) groups excluding carboxylic acids is 2. The minimum absolute atomic E-state index is 0.157. The van der Waals surface area contributed by atoms with Gasteiger partial charge in [0.25, 0.3) is 0 Å². The van der Waals surface area contributed by atoms with E-state index in [4.69, 9.17) is 0 Å². The van der Waals surface area contributed by atoms with E-state index in [0.717, 1.165) is 46.8 Å². The van der Waals surface area contributed by atoms with Crippen molar-refractivity contribution >= 4 is 39.3 Å². The highest BCUT2D eigenvalue weighted by molar-refractivity contribution is 6.26. The maximum atomic E-state index is 14.1. The number of benzene rings is 3. The highest BCUT2D eigenvalue weighted by Gasteiger charge is 2.51. The van der Waals surface area contributed by atoms with Crippen molar-refractivity contribution in [3.8, 4) is 0 Å². The molecule has 2 amide bonds. The SMILES string of the molecule is O=C1[C@@H](c2c[nH]c3ccccc23)[C@H](c2cn3c4c(cccc24)CCC3)C(=O)N1c1ccccc1. The molecule has 34 heavy (non-hydrogen) atoms. The quantitative estimate of drug-likeness (QED) is 0.372. The number of rotatable bonds is 3. The van der Waals surface area contributed by atoms with Gasteiger partial charge in [-0.25, -0.2) is 4.90 Å². The number of hydrogen-bond acceptors (Lipinski definition) is 2. The maximum absolute atomic E-state index is 14.1. The highest BCUT2D eigenvalue weighted by atomic mass is 16.2. The van der Waals surface area contributed by atoms with Gasteiger partial charge in [0.15, 0.2) is 0 Å². The highest BCUT2D eigenvalue weighted by Crippen LogP contribution is 2.48. The standard InChI is InChI=1S/C29H23N3O2/c33-28-25(22-16-30-24-14-5-4-12-20(22)24)26(29(34)32(28)19-10-2-1-3-11-19)23-17-31-15-7-9-18-8-6-13-21(23)27(18)31/h1-6,8,10-14,16-17,25-26,30H,7,9,15H2/t25-,26-/m0/s1. The fourth-order valence-electron chi connectivity index (χ4n) is 6.01. The number of H-pyrrole nitrogens is 1. The molecule has 2 aliphatic heterocycles. The van der Waals surface area contributed by atoms with Gasteiger partial charge in [-0.2, -0.15) is 0 Å². The summed E-state index contributed by atoms with van der Waals surface area (Å²) in [5.41, 5.74) is 5.95. The lowest BCUT2D eigenvalue weighted by atomic mass is 9.83. The molecule has 0 unspecified atom stereocenters. The molecule has 0 saturated carbocycles. The monoisotopic (exact) mass is 445 g/mol. The van der Waals surface area contributed by atoms with Crippen LogP contribution >= 0.6 is 0 Å². The van der Waals surface area contributed by atoms with Crippen molar-refractivity contribution in [2.75, 3.05) is 4.90 Å². The summed E-state index contributed by atoms with van der Waals surface area (Å²) in [4.78, 5) is 32.8. The Labute approximate surface area is 196 Å². The van der Waals surface area contributed by atoms with Crippen LogP contribution in [0, 0.1) is 0 Å². The van der Waals surface area contributed by atoms with Crippen LogP contribution in [0.4, 0.5) is 5.69 Å². The van der Waals surface area contributed by atoms with Gasteiger partial charge in [-0.15, -0.1) is 0 Å². The number of aromatic nitrogens is 2. The van der Waals surface area contributed by atoms with Gasteiger partial charge in [0.2, 0.25) is 11.8 Å². The van der Waals surface area contributed by atoms with Gasteiger partial charge in [0.1, 0.15) is 0 Å². The normalized spacial score (nSPS) is 20.1. The van der Waals surface area contributed by atoms with Gasteiger partial charge in [-0.05, 0) is 47.7 Å². The molecule has 0 radical (unpaired) electrons. The third kappa shape index (κ3) is 2.61. The number of nitrogens with one attached hydrogen (secondary N) is 1. The molecule has 2 atom stereocenters. The summed E-state index contributed by atoms with van der Waals surface area (Å²) < 4.78 is 2.28. The van der Waals surface area contributed by atoms with E-state index < -0.39 is 11.8 Å². The van der Waals surface area contributed by atoms with Gasteiger partial charge >= 0.3 is 0 Å². The van der Waals surface area contributed by atoms with Gasteiger partial charge in [0.05, 0.1) is 23.0 Å². The predicted octanol–water partition coefficient (Wildman–Crippen LogP) is 5.51. The number of amides is 2. The van der Waals surface area contributed by atoms with Crippen LogP contribution in [0.5, 0.6) is 0 Å². The van der Waals surface area contributed by atoms with Crippen molar-refractivity contribution in [2.45, 2.75) is 31.2 Å². The summed E-state index contributed by atoms with van der Waals surface area (Å²) in [6, 6.07) is 23.6. The van der Waals surface area contributed by atoms with Crippen molar-refractivity contribution in [2.24, 2.45) is 0 Å². The second-order valence-corrected chi connectivity index (χ2v) is 9.29. The van der Waals surface area contributed by atoms with Crippen LogP contribution < -0.4 is 4.90 Å². The number of carbonyl (C=O) groups is 2. The second kappa shape index (κ2) is 7.19. The molecule has 1 saturated heterocycles. The van der Waals surface area contributed by atoms with Crippen molar-refractivity contribution in [3.63, 3.8) is 0 Å². The van der Waals surface area contributed by atoms with E-state index in [0.29, 0.717) is 5.69 Å². The molecule has 0 spiro atoms. The molecule has 166 valence electrons. The number of nitrogens with zero attached hydrogens (tertiary/aromatic N) is 2. The van der Waals surface area contributed by atoms with Crippen LogP contribution in [0.15, 0.2) is 85.2 Å². The smallest absolute Gasteiger partial charge is 0.242 e. The van der Waals surface area contributed by atoms with Gasteiger partial charge in [0, 0.05) is 35.2 Å². The number of imide groups is 1. The maximum Gasteiger partial charge on any atom is 0.242 e. The number of aryl methyl sites for hydroxylation is 2. The molecule has 3 aromatic carbocycles. The average molecular weight is 446 g/mol. The lowest BCUT2D eigenvalue weighted by Crippen LogP contribution is -2.30. The fourth-order valence-corrected chi connectivity index (χ4v) is 6.01. The van der Waals surface area contributed by atoms with Crippen molar-refractivity contribution in [1.29, 1.82) is 0 Å². The average Bonchev–Trinajstić information content (AvgIpc) is 3.53. The molecule has 0 bridgehead atoms. The molecule has 5 nitrogen and oxygen atoms in total. The Balaban J connectivity index is 1.48. The first-order chi connectivity index (χ1) is 16.7. The number of fused-ring (bicyclic) bond motifs is 1. The molecule has 5 aromatic rings. The fraction of sp³-hybridized carbons (Fsp3) is 0.172. The van der Waals surface area contributed by atoms with E-state index in [1.54, 1.807) is 0 Å². The van der Waals surface area contributed by atoms with Gasteiger partial charge in [-0.1, -0.05) is 54.6 Å². The van der Waals surface area contributed by atoms with E-state index in [9.17, 15) is 9.59 Å². The van der Waals surface area contributed by atoms with Crippen LogP contribution in [0.25, 0.3) is 21.8 Å². The lowest BCUT2D eigenvalue weighted by Gasteiger charge is -2.15. The van der Waals surface area contributed by atoms with Gasteiger partial charge < -0.3 is 9.55 Å². The van der Waals surface area contributed by atoms with E-state index in [2.05, 4.69) is 33.9 Å². The first-order valence-electron chi connectivity index (χ1n) is 11.8. The van der Waals surface area contributed by atoms with E-state index in [1.165, 1.54) is 16.0 Å². The van der Waals surface area contributed by atoms with Gasteiger partial charge in [-0.3, -0.25) is 9.59 Å². The van der Waals surface area contributed by atoms with Crippen molar-refractivity contribution < 1.29 is 9.59 Å². The summed E-state index contributed by atoms with van der Waals surface area (Å²) in [5.74, 6) is -1.50. The second-order valence-electron chi connectivity index (χ2n) is 9.29. The molecule has 1 fully saturated rings. The molecule has 4 heterocycles. The number of hydrogen-bond donors (Lipinski definition) is 1. The van der Waals surface area contributed by atoms with E-state index in [1.807, 2.05) is 60.8 Å². The van der Waals surface area contributed by atoms with Crippen molar-refractivity contribution in [3.05, 3.63) is 102 Å². The third-order valence-corrected chi connectivity index (χ3v) is 7.47. The Hall–Kier alpha value is -4.12. The predicted molar refractivity (Wildman–Crippen MR) is 133 cm³/mol. The molecule has 5 heteroatoms. The molecule has 1 N–H and O–H groups in total. The summed E-state index contributed by atoms with van der Waals surface area (Å²) in [6.45, 7) is 0.933. The zero-order valence-electron chi connectivity index (χ0n) is 18.6. The Morgan fingerprint density at radius 2 is 1.50 bits per heavy atom.